The fourth-order valence-corrected chi connectivity index (χ4v) is 1.69. The molecule has 0 fully saturated rings. The van der Waals surface area contributed by atoms with Crippen molar-refractivity contribution in [3.8, 4) is 0 Å². The van der Waals surface area contributed by atoms with Crippen molar-refractivity contribution in [3.05, 3.63) is 29.2 Å². The Balaban J connectivity index is 3.43. The first-order chi connectivity index (χ1) is 4.61. The van der Waals surface area contributed by atoms with E-state index in [2.05, 4.69) is 31.9 Å². The smallest absolute Gasteiger partial charge is 0.351 e. The Labute approximate surface area is 87.4 Å². The first-order valence-electron chi connectivity index (χ1n) is 2.26. The lowest BCUT2D eigenvalue weighted by Gasteiger charge is -1.92. The summed E-state index contributed by atoms with van der Waals surface area (Å²) in [6, 6.07) is 1.66. The van der Waals surface area contributed by atoms with Gasteiger partial charge >= 0.3 is 5.63 Å². The second-order valence-corrected chi connectivity index (χ2v) is 4.19. The van der Waals surface area contributed by atoms with E-state index >= 15 is 0 Å². The van der Waals surface area contributed by atoms with Gasteiger partial charge in [0.15, 0.2) is 3.77 Å². The molecule has 0 unspecified atom stereocenters. The summed E-state index contributed by atoms with van der Waals surface area (Å²) in [5, 5.41) is 0. The maximum atomic E-state index is 10.8. The molecule has 0 aliphatic heterocycles. The normalized spacial score (nSPS) is 9.90. The van der Waals surface area contributed by atoms with Crippen LogP contribution < -0.4 is 5.63 Å². The van der Waals surface area contributed by atoms with Gasteiger partial charge < -0.3 is 4.42 Å². The lowest BCUT2D eigenvalue weighted by molar-refractivity contribution is 0.475. The maximum Gasteiger partial charge on any atom is 0.351 e. The molecule has 0 aromatic carbocycles. The number of halogens is 3. The van der Waals surface area contributed by atoms with Crippen LogP contribution in [0.25, 0.3) is 0 Å². The van der Waals surface area contributed by atoms with E-state index in [4.69, 9.17) is 4.42 Å². The van der Waals surface area contributed by atoms with Crippen molar-refractivity contribution in [1.29, 1.82) is 0 Å². The van der Waals surface area contributed by atoms with Gasteiger partial charge in [0.2, 0.25) is 0 Å². The summed E-state index contributed by atoms with van der Waals surface area (Å²) in [5.41, 5.74) is -0.354. The molecule has 54 valence electrons. The Morgan fingerprint density at radius 3 is 2.50 bits per heavy atom. The van der Waals surface area contributed by atoms with Crippen LogP contribution in [0.5, 0.6) is 0 Å². The predicted octanol–water partition coefficient (Wildman–Crippen LogP) is 2.77. The van der Waals surface area contributed by atoms with Crippen molar-refractivity contribution in [2.24, 2.45) is 0 Å². The van der Waals surface area contributed by atoms with Gasteiger partial charge in [0.25, 0.3) is 0 Å². The standard InChI is InChI=1S/C5HBr2IO2/c6-2-1-3(7)5(9)10-4(2)8/h1H. The predicted molar refractivity (Wildman–Crippen MR) is 53.1 cm³/mol. The highest BCUT2D eigenvalue weighted by Gasteiger charge is 2.02. The Hall–Kier alpha value is 0.640. The van der Waals surface area contributed by atoms with Gasteiger partial charge in [-0.2, -0.15) is 0 Å². The molecule has 0 amide bonds. The van der Waals surface area contributed by atoms with Gasteiger partial charge in [-0.25, -0.2) is 4.79 Å². The van der Waals surface area contributed by atoms with Crippen LogP contribution in [0.1, 0.15) is 0 Å². The molecule has 10 heavy (non-hydrogen) atoms. The molecule has 1 rings (SSSR count). The van der Waals surface area contributed by atoms with E-state index in [0.29, 0.717) is 8.24 Å². The number of hydrogen-bond acceptors (Lipinski definition) is 2. The molecule has 5 heteroatoms. The fraction of sp³-hybridized carbons (Fsp3) is 0. The van der Waals surface area contributed by atoms with E-state index in [0.717, 1.165) is 4.47 Å². The fourth-order valence-electron chi connectivity index (χ4n) is 0.406. The molecule has 1 aromatic rings. The minimum atomic E-state index is -0.354. The second-order valence-electron chi connectivity index (χ2n) is 1.50. The summed E-state index contributed by atoms with van der Waals surface area (Å²) < 4.78 is 6.54. The molecule has 1 aromatic heterocycles. The Bertz CT molecular complexity index is 307. The molecule has 0 N–H and O–H groups in total. The summed E-state index contributed by atoms with van der Waals surface area (Å²) in [6.07, 6.45) is 0. The van der Waals surface area contributed by atoms with E-state index in [1.54, 1.807) is 6.07 Å². The molecule has 0 radical (unpaired) electrons. The van der Waals surface area contributed by atoms with Crippen molar-refractivity contribution in [2.45, 2.75) is 0 Å². The summed E-state index contributed by atoms with van der Waals surface area (Å²) in [5.74, 6) is 0. The molecule has 0 saturated carbocycles. The quantitative estimate of drug-likeness (QED) is 0.649. The average Bonchev–Trinajstić information content (AvgIpc) is 1.84. The zero-order valence-electron chi connectivity index (χ0n) is 4.53. The third-order valence-electron chi connectivity index (χ3n) is 0.819. The highest BCUT2D eigenvalue weighted by atomic mass is 127. The molecule has 0 atom stereocenters. The Morgan fingerprint density at radius 2 is 2.00 bits per heavy atom. The van der Waals surface area contributed by atoms with E-state index < -0.39 is 0 Å². The molecular formula is C5HBr2IO2. The molecule has 0 aliphatic carbocycles. The van der Waals surface area contributed by atoms with E-state index in [1.165, 1.54) is 0 Å². The van der Waals surface area contributed by atoms with Gasteiger partial charge in [-0.15, -0.1) is 0 Å². The van der Waals surface area contributed by atoms with Gasteiger partial charge in [-0.3, -0.25) is 0 Å². The minimum absolute atomic E-state index is 0.354. The lowest BCUT2D eigenvalue weighted by Crippen LogP contribution is -1.99. The van der Waals surface area contributed by atoms with Crippen molar-refractivity contribution in [1.82, 2.24) is 0 Å². The molecule has 2 nitrogen and oxygen atoms in total. The average molecular weight is 380 g/mol. The van der Waals surface area contributed by atoms with Crippen molar-refractivity contribution in [3.63, 3.8) is 0 Å². The van der Waals surface area contributed by atoms with Crippen molar-refractivity contribution < 1.29 is 4.42 Å². The Kier molecular flexibility index (Phi) is 2.93. The van der Waals surface area contributed by atoms with Gasteiger partial charge in [0, 0.05) is 22.6 Å². The minimum Gasteiger partial charge on any atom is -0.415 e. The lowest BCUT2D eigenvalue weighted by atomic mass is 10.5. The van der Waals surface area contributed by atoms with E-state index in [9.17, 15) is 4.79 Å². The van der Waals surface area contributed by atoms with Gasteiger partial charge in [-0.1, -0.05) is 0 Å². The zero-order chi connectivity index (χ0) is 7.72. The summed E-state index contributed by atoms with van der Waals surface area (Å²) in [7, 11) is 0. The first-order valence-corrected chi connectivity index (χ1v) is 4.92. The summed E-state index contributed by atoms with van der Waals surface area (Å²) >= 11 is 8.18. The SMILES string of the molecule is O=c1oc(I)c(Br)cc1Br. The highest BCUT2D eigenvalue weighted by Crippen LogP contribution is 2.19. The van der Waals surface area contributed by atoms with Crippen LogP contribution in [-0.4, -0.2) is 0 Å². The van der Waals surface area contributed by atoms with Crippen LogP contribution in [0.3, 0.4) is 0 Å². The second kappa shape index (κ2) is 3.36. The van der Waals surface area contributed by atoms with E-state index in [1.807, 2.05) is 22.6 Å². The van der Waals surface area contributed by atoms with Gasteiger partial charge in [-0.05, 0) is 37.9 Å². The zero-order valence-corrected chi connectivity index (χ0v) is 9.86. The topological polar surface area (TPSA) is 30.2 Å². The van der Waals surface area contributed by atoms with Crippen molar-refractivity contribution >= 4 is 54.5 Å². The van der Waals surface area contributed by atoms with Crippen LogP contribution in [0.15, 0.2) is 24.2 Å². The van der Waals surface area contributed by atoms with Crippen LogP contribution in [0.4, 0.5) is 0 Å². The number of hydrogen-bond donors (Lipinski definition) is 0. The third kappa shape index (κ3) is 1.82. The first kappa shape index (κ1) is 8.73. The third-order valence-corrected chi connectivity index (χ3v) is 3.50. The molecule has 0 saturated heterocycles. The molecular weight excluding hydrogens is 379 g/mol. The largest absolute Gasteiger partial charge is 0.415 e. The van der Waals surface area contributed by atoms with Crippen LogP contribution >= 0.6 is 54.5 Å². The molecule has 0 spiro atoms. The molecule has 0 aliphatic rings. The number of rotatable bonds is 0. The summed E-state index contributed by atoms with van der Waals surface area (Å²) in [6.45, 7) is 0. The van der Waals surface area contributed by atoms with Crippen LogP contribution in [-0.2, 0) is 0 Å². The molecule has 1 heterocycles. The summed E-state index contributed by atoms with van der Waals surface area (Å²) in [4.78, 5) is 10.8. The van der Waals surface area contributed by atoms with E-state index in [-0.39, 0.29) is 5.63 Å². The van der Waals surface area contributed by atoms with Gasteiger partial charge in [0.1, 0.15) is 4.47 Å². The van der Waals surface area contributed by atoms with Crippen molar-refractivity contribution in [2.75, 3.05) is 0 Å². The van der Waals surface area contributed by atoms with Crippen LogP contribution in [0.2, 0.25) is 0 Å². The maximum absolute atomic E-state index is 10.8. The highest BCUT2D eigenvalue weighted by molar-refractivity contribution is 14.1. The van der Waals surface area contributed by atoms with Crippen LogP contribution in [0, 0.1) is 3.77 Å². The monoisotopic (exact) mass is 378 g/mol. The molecule has 0 bridgehead atoms. The van der Waals surface area contributed by atoms with Gasteiger partial charge in [0.05, 0.1) is 4.47 Å². The Morgan fingerprint density at radius 1 is 1.40 bits per heavy atom.